The van der Waals surface area contributed by atoms with Crippen LogP contribution in [-0.2, 0) is 14.3 Å². The fraction of sp³-hybridized carbons (Fsp3) is 0.364. The second-order valence-electron chi connectivity index (χ2n) is 3.30. The predicted molar refractivity (Wildman–Crippen MR) is 52.3 cm³/mol. The second kappa shape index (κ2) is 5.05. The first kappa shape index (κ1) is 11.0. The van der Waals surface area contributed by atoms with Gasteiger partial charge in [0.1, 0.15) is 11.6 Å². The van der Waals surface area contributed by atoms with E-state index in [9.17, 15) is 9.18 Å². The molecule has 1 aromatic carbocycles. The summed E-state index contributed by atoms with van der Waals surface area (Å²) in [5.74, 6) is -0.736. The molecule has 86 valence electrons. The van der Waals surface area contributed by atoms with Crippen LogP contribution in [0, 0.1) is 5.82 Å². The van der Waals surface area contributed by atoms with Gasteiger partial charge in [0.2, 0.25) is 0 Å². The number of hydrogen-bond donors (Lipinski definition) is 0. The van der Waals surface area contributed by atoms with Gasteiger partial charge in [0.15, 0.2) is 0 Å². The van der Waals surface area contributed by atoms with Gasteiger partial charge in [-0.05, 0) is 30.7 Å². The summed E-state index contributed by atoms with van der Waals surface area (Å²) in [6.07, 6.45) is -0.209. The van der Waals surface area contributed by atoms with E-state index in [0.717, 1.165) is 6.42 Å². The Labute approximate surface area is 91.9 Å². The number of rotatable bonds is 2. The molecule has 0 amide bonds. The highest BCUT2D eigenvalue weighted by Gasteiger charge is 2.24. The molecule has 0 aromatic heterocycles. The smallest absolute Gasteiger partial charge is 0.368 e. The maximum atomic E-state index is 12.6. The van der Waals surface area contributed by atoms with Gasteiger partial charge < -0.3 is 14.2 Å². The summed E-state index contributed by atoms with van der Waals surface area (Å²) in [6, 6.07) is 5.17. The Balaban J connectivity index is 1.93. The number of carbonyl (C=O) groups excluding carboxylic acids is 1. The highest BCUT2D eigenvalue weighted by atomic mass is 19.1. The molecule has 1 aliphatic rings. The average Bonchev–Trinajstić information content (AvgIpc) is 2.33. The van der Waals surface area contributed by atoms with Gasteiger partial charge in [0.25, 0.3) is 6.29 Å². The fourth-order valence-corrected chi connectivity index (χ4v) is 1.29. The van der Waals surface area contributed by atoms with Crippen LogP contribution in [0.2, 0.25) is 0 Å². The van der Waals surface area contributed by atoms with Gasteiger partial charge in [-0.25, -0.2) is 9.18 Å². The van der Waals surface area contributed by atoms with Crippen LogP contribution in [-0.4, -0.2) is 25.5 Å². The van der Waals surface area contributed by atoms with Gasteiger partial charge in [-0.15, -0.1) is 0 Å². The molecule has 0 unspecified atom stereocenters. The number of halogens is 1. The van der Waals surface area contributed by atoms with Gasteiger partial charge in [0.05, 0.1) is 13.2 Å². The van der Waals surface area contributed by atoms with Crippen molar-refractivity contribution in [1.82, 2.24) is 0 Å². The third kappa shape index (κ3) is 2.77. The Morgan fingerprint density at radius 3 is 2.50 bits per heavy atom. The number of esters is 1. The van der Waals surface area contributed by atoms with Crippen molar-refractivity contribution < 1.29 is 23.4 Å². The molecule has 1 fully saturated rings. The molecule has 2 rings (SSSR count). The van der Waals surface area contributed by atoms with E-state index in [1.54, 1.807) is 0 Å². The Morgan fingerprint density at radius 2 is 1.88 bits per heavy atom. The molecule has 5 heteroatoms. The van der Waals surface area contributed by atoms with Gasteiger partial charge >= 0.3 is 5.97 Å². The Morgan fingerprint density at radius 1 is 1.25 bits per heavy atom. The van der Waals surface area contributed by atoms with Crippen LogP contribution in [0.15, 0.2) is 24.3 Å². The number of ether oxygens (including phenoxy) is 3. The van der Waals surface area contributed by atoms with E-state index in [2.05, 4.69) is 0 Å². The molecular formula is C11H11FO4. The van der Waals surface area contributed by atoms with Gasteiger partial charge in [-0.3, -0.25) is 0 Å². The maximum Gasteiger partial charge on any atom is 0.368 e. The standard InChI is InChI=1S/C11H11FO4/c12-8-2-4-9(5-3-8)16-10(13)11-14-6-1-7-15-11/h2-5,11H,1,6-7H2. The summed E-state index contributed by atoms with van der Waals surface area (Å²) in [4.78, 5) is 11.5. The first-order valence-electron chi connectivity index (χ1n) is 4.96. The quantitative estimate of drug-likeness (QED) is 0.566. The molecule has 4 nitrogen and oxygen atoms in total. The Bertz CT molecular complexity index is 357. The first-order valence-corrected chi connectivity index (χ1v) is 4.96. The van der Waals surface area contributed by atoms with Crippen LogP contribution in [0.4, 0.5) is 4.39 Å². The van der Waals surface area contributed by atoms with Gasteiger partial charge in [0, 0.05) is 0 Å². The number of benzene rings is 1. The van der Waals surface area contributed by atoms with Crippen molar-refractivity contribution in [1.29, 1.82) is 0 Å². The van der Waals surface area contributed by atoms with Crippen molar-refractivity contribution in [3.63, 3.8) is 0 Å². The summed E-state index contributed by atoms with van der Waals surface area (Å²) in [7, 11) is 0. The van der Waals surface area contributed by atoms with Gasteiger partial charge in [-0.1, -0.05) is 0 Å². The molecule has 0 radical (unpaired) electrons. The number of hydrogen-bond acceptors (Lipinski definition) is 4. The normalized spacial score (nSPS) is 17.1. The molecule has 16 heavy (non-hydrogen) atoms. The molecule has 0 N–H and O–H groups in total. The van der Waals surface area contributed by atoms with E-state index in [1.807, 2.05) is 0 Å². The van der Waals surface area contributed by atoms with Crippen molar-refractivity contribution in [2.45, 2.75) is 12.7 Å². The molecule has 0 spiro atoms. The van der Waals surface area contributed by atoms with E-state index in [1.165, 1.54) is 24.3 Å². The van der Waals surface area contributed by atoms with Crippen molar-refractivity contribution in [3.8, 4) is 5.75 Å². The molecule has 0 saturated carbocycles. The van der Waals surface area contributed by atoms with E-state index in [0.29, 0.717) is 13.2 Å². The first-order chi connectivity index (χ1) is 7.75. The van der Waals surface area contributed by atoms with Crippen molar-refractivity contribution in [3.05, 3.63) is 30.1 Å². The Hall–Kier alpha value is -1.46. The van der Waals surface area contributed by atoms with E-state index < -0.39 is 12.3 Å². The summed E-state index contributed by atoms with van der Waals surface area (Å²) >= 11 is 0. The third-order valence-electron chi connectivity index (χ3n) is 2.05. The van der Waals surface area contributed by atoms with Crippen LogP contribution in [0.5, 0.6) is 5.75 Å². The second-order valence-corrected chi connectivity index (χ2v) is 3.30. The largest absolute Gasteiger partial charge is 0.423 e. The van der Waals surface area contributed by atoms with Crippen LogP contribution < -0.4 is 4.74 Å². The van der Waals surface area contributed by atoms with E-state index in [4.69, 9.17) is 14.2 Å². The monoisotopic (exact) mass is 226 g/mol. The highest BCUT2D eigenvalue weighted by Crippen LogP contribution is 2.14. The summed E-state index contributed by atoms with van der Waals surface area (Å²) in [6.45, 7) is 0.951. The molecular weight excluding hydrogens is 215 g/mol. The summed E-state index contributed by atoms with van der Waals surface area (Å²) in [5.41, 5.74) is 0. The molecule has 1 saturated heterocycles. The Kier molecular flexibility index (Phi) is 3.48. The lowest BCUT2D eigenvalue weighted by atomic mass is 10.3. The maximum absolute atomic E-state index is 12.6. The minimum Gasteiger partial charge on any atom is -0.423 e. The zero-order chi connectivity index (χ0) is 11.4. The molecule has 1 aliphatic heterocycles. The van der Waals surface area contributed by atoms with E-state index >= 15 is 0 Å². The molecule has 0 bridgehead atoms. The van der Waals surface area contributed by atoms with Crippen LogP contribution in [0.25, 0.3) is 0 Å². The average molecular weight is 226 g/mol. The molecule has 0 aliphatic carbocycles. The molecule has 1 heterocycles. The van der Waals surface area contributed by atoms with Crippen LogP contribution >= 0.6 is 0 Å². The summed E-state index contributed by atoms with van der Waals surface area (Å²) < 4.78 is 27.7. The minimum absolute atomic E-state index is 0.268. The van der Waals surface area contributed by atoms with Crippen molar-refractivity contribution in [2.24, 2.45) is 0 Å². The third-order valence-corrected chi connectivity index (χ3v) is 2.05. The zero-order valence-electron chi connectivity index (χ0n) is 8.52. The SMILES string of the molecule is O=C(Oc1ccc(F)cc1)C1OCCCO1. The minimum atomic E-state index is -0.973. The van der Waals surface area contributed by atoms with Crippen molar-refractivity contribution in [2.75, 3.05) is 13.2 Å². The highest BCUT2D eigenvalue weighted by molar-refractivity contribution is 5.75. The van der Waals surface area contributed by atoms with Crippen molar-refractivity contribution >= 4 is 5.97 Å². The fourth-order valence-electron chi connectivity index (χ4n) is 1.29. The summed E-state index contributed by atoms with van der Waals surface area (Å²) in [5, 5.41) is 0. The topological polar surface area (TPSA) is 44.8 Å². The molecule has 0 atom stereocenters. The lowest BCUT2D eigenvalue weighted by Gasteiger charge is -2.21. The lowest BCUT2D eigenvalue weighted by molar-refractivity contribution is -0.202. The van der Waals surface area contributed by atoms with Gasteiger partial charge in [-0.2, -0.15) is 0 Å². The molecule has 1 aromatic rings. The van der Waals surface area contributed by atoms with E-state index in [-0.39, 0.29) is 11.6 Å². The predicted octanol–water partition coefficient (Wildman–Crippen LogP) is 1.49. The number of carbonyl (C=O) groups is 1. The van der Waals surface area contributed by atoms with Crippen LogP contribution in [0.1, 0.15) is 6.42 Å². The zero-order valence-corrected chi connectivity index (χ0v) is 8.52. The van der Waals surface area contributed by atoms with Crippen LogP contribution in [0.3, 0.4) is 0 Å². The lowest BCUT2D eigenvalue weighted by Crippen LogP contribution is -2.35.